The van der Waals surface area contributed by atoms with Crippen molar-refractivity contribution in [2.45, 2.75) is 38.5 Å². The summed E-state index contributed by atoms with van der Waals surface area (Å²) in [4.78, 5) is 38.4. The highest BCUT2D eigenvalue weighted by molar-refractivity contribution is 6.01. The molecule has 2 amide bonds. The van der Waals surface area contributed by atoms with Gasteiger partial charge < -0.3 is 20.6 Å². The Morgan fingerprint density at radius 1 is 1.14 bits per heavy atom. The van der Waals surface area contributed by atoms with Gasteiger partial charge in [-0.3, -0.25) is 9.59 Å². The molecule has 2 heterocycles. The summed E-state index contributed by atoms with van der Waals surface area (Å²) < 4.78 is 0. The number of rotatable bonds is 6. The van der Waals surface area contributed by atoms with Gasteiger partial charge in [0.15, 0.2) is 0 Å². The predicted octanol–water partition coefficient (Wildman–Crippen LogP) is 2.76. The van der Waals surface area contributed by atoms with Gasteiger partial charge in [-0.25, -0.2) is 4.79 Å². The van der Waals surface area contributed by atoms with E-state index < -0.39 is 5.97 Å². The third-order valence-electron chi connectivity index (χ3n) is 5.79. The van der Waals surface area contributed by atoms with E-state index in [0.717, 1.165) is 38.8 Å². The number of amides is 2. The number of nitrogens with zero attached hydrogens (tertiary/aromatic N) is 1. The minimum Gasteiger partial charge on any atom is -0.478 e. The topological polar surface area (TPSA) is 98.7 Å². The van der Waals surface area contributed by atoms with Gasteiger partial charge in [-0.05, 0) is 63.2 Å². The Labute approximate surface area is 177 Å². The Morgan fingerprint density at radius 2 is 1.86 bits per heavy atom. The lowest BCUT2D eigenvalue weighted by Gasteiger charge is -2.33. The molecule has 2 saturated heterocycles. The first-order valence-corrected chi connectivity index (χ1v) is 10.2. The summed E-state index contributed by atoms with van der Waals surface area (Å²) in [6.45, 7) is 3.16. The van der Waals surface area contributed by atoms with Crippen molar-refractivity contribution in [3.63, 3.8) is 0 Å². The zero-order valence-electron chi connectivity index (χ0n) is 16.6. The van der Waals surface area contributed by atoms with Gasteiger partial charge in [0.05, 0.1) is 17.2 Å². The Kier molecular flexibility index (Phi) is 8.92. The molecule has 29 heavy (non-hydrogen) atoms. The molecule has 0 saturated carbocycles. The minimum absolute atomic E-state index is 0. The van der Waals surface area contributed by atoms with Crippen molar-refractivity contribution >= 4 is 35.9 Å². The molecular weight excluding hydrogens is 394 g/mol. The standard InChI is InChI=1S/C21H29N3O4.ClH/c25-19(8-7-15-9-11-22-12-10-15)24-13-3-4-16(14-24)20(26)23-18-6-2-1-5-17(18)21(27)28;/h1-2,5-6,15-16,22H,3-4,7-14H2,(H,23,26)(H,27,28);1H/t16-;/m1./s1. The lowest BCUT2D eigenvalue weighted by Crippen LogP contribution is -2.44. The highest BCUT2D eigenvalue weighted by Gasteiger charge is 2.29. The van der Waals surface area contributed by atoms with Crippen LogP contribution in [0.4, 0.5) is 5.69 Å². The fraction of sp³-hybridized carbons (Fsp3) is 0.571. The summed E-state index contributed by atoms with van der Waals surface area (Å²) in [5, 5.41) is 15.3. The maximum absolute atomic E-state index is 12.7. The monoisotopic (exact) mass is 423 g/mol. The van der Waals surface area contributed by atoms with Crippen LogP contribution in [0.3, 0.4) is 0 Å². The van der Waals surface area contributed by atoms with E-state index in [0.29, 0.717) is 37.5 Å². The molecule has 0 aliphatic carbocycles. The summed E-state index contributed by atoms with van der Waals surface area (Å²) >= 11 is 0. The third-order valence-corrected chi connectivity index (χ3v) is 5.79. The van der Waals surface area contributed by atoms with E-state index in [-0.39, 0.29) is 35.7 Å². The number of nitrogens with one attached hydrogen (secondary N) is 2. The van der Waals surface area contributed by atoms with Crippen molar-refractivity contribution in [2.24, 2.45) is 11.8 Å². The Bertz CT molecular complexity index is 722. The highest BCUT2D eigenvalue weighted by atomic mass is 35.5. The van der Waals surface area contributed by atoms with E-state index in [1.165, 1.54) is 6.07 Å². The molecule has 0 spiro atoms. The number of carboxylic acids is 1. The van der Waals surface area contributed by atoms with Crippen LogP contribution in [-0.2, 0) is 9.59 Å². The van der Waals surface area contributed by atoms with E-state index in [2.05, 4.69) is 10.6 Å². The van der Waals surface area contributed by atoms with Crippen molar-refractivity contribution < 1.29 is 19.5 Å². The van der Waals surface area contributed by atoms with E-state index in [9.17, 15) is 19.5 Å². The number of hydrogen-bond acceptors (Lipinski definition) is 4. The van der Waals surface area contributed by atoms with Gasteiger partial charge in [0, 0.05) is 19.5 Å². The van der Waals surface area contributed by atoms with Gasteiger partial charge in [-0.1, -0.05) is 12.1 Å². The average Bonchev–Trinajstić information content (AvgIpc) is 2.73. The molecule has 1 aromatic carbocycles. The summed E-state index contributed by atoms with van der Waals surface area (Å²) in [5.41, 5.74) is 0.371. The second kappa shape index (κ2) is 11.2. The minimum atomic E-state index is -1.07. The Hall–Kier alpha value is -2.12. The molecule has 8 heteroatoms. The number of carbonyl (C=O) groups excluding carboxylic acids is 2. The smallest absolute Gasteiger partial charge is 0.337 e. The van der Waals surface area contributed by atoms with Crippen molar-refractivity contribution in [1.29, 1.82) is 0 Å². The lowest BCUT2D eigenvalue weighted by atomic mass is 9.92. The summed E-state index contributed by atoms with van der Waals surface area (Å²) in [5.74, 6) is -0.860. The van der Waals surface area contributed by atoms with Crippen molar-refractivity contribution in [1.82, 2.24) is 10.2 Å². The maximum Gasteiger partial charge on any atom is 0.337 e. The molecule has 2 fully saturated rings. The van der Waals surface area contributed by atoms with Crippen LogP contribution < -0.4 is 10.6 Å². The molecule has 0 aromatic heterocycles. The van der Waals surface area contributed by atoms with E-state index in [4.69, 9.17) is 0 Å². The number of hydrogen-bond donors (Lipinski definition) is 3. The molecule has 1 aromatic rings. The quantitative estimate of drug-likeness (QED) is 0.653. The number of aromatic carboxylic acids is 1. The fourth-order valence-corrected chi connectivity index (χ4v) is 4.09. The summed E-state index contributed by atoms with van der Waals surface area (Å²) in [7, 11) is 0. The van der Waals surface area contributed by atoms with Crippen LogP contribution in [0.5, 0.6) is 0 Å². The predicted molar refractivity (Wildman–Crippen MR) is 113 cm³/mol. The number of piperidine rings is 2. The number of likely N-dealkylation sites (tertiary alicyclic amines) is 1. The van der Waals surface area contributed by atoms with Crippen LogP contribution in [0.1, 0.15) is 48.9 Å². The van der Waals surface area contributed by atoms with Gasteiger partial charge >= 0.3 is 5.97 Å². The summed E-state index contributed by atoms with van der Waals surface area (Å²) in [6, 6.07) is 6.38. The lowest BCUT2D eigenvalue weighted by molar-refractivity contribution is -0.134. The number of benzene rings is 1. The van der Waals surface area contributed by atoms with Gasteiger partial charge in [-0.2, -0.15) is 0 Å². The van der Waals surface area contributed by atoms with Crippen LogP contribution in [0.2, 0.25) is 0 Å². The zero-order chi connectivity index (χ0) is 19.9. The van der Waals surface area contributed by atoms with Gasteiger partial charge in [0.2, 0.25) is 11.8 Å². The molecule has 2 aliphatic heterocycles. The second-order valence-corrected chi connectivity index (χ2v) is 7.75. The molecule has 0 unspecified atom stereocenters. The molecular formula is C21H30ClN3O4. The Morgan fingerprint density at radius 3 is 2.59 bits per heavy atom. The summed E-state index contributed by atoms with van der Waals surface area (Å²) in [6.07, 6.45) is 5.21. The molecule has 0 radical (unpaired) electrons. The molecule has 3 N–H and O–H groups in total. The molecule has 160 valence electrons. The van der Waals surface area contributed by atoms with Crippen LogP contribution in [0, 0.1) is 11.8 Å². The molecule has 3 rings (SSSR count). The first-order chi connectivity index (χ1) is 13.5. The van der Waals surface area contributed by atoms with Crippen LogP contribution in [-0.4, -0.2) is 54.0 Å². The van der Waals surface area contributed by atoms with Gasteiger partial charge in [0.1, 0.15) is 0 Å². The average molecular weight is 424 g/mol. The van der Waals surface area contributed by atoms with Crippen LogP contribution in [0.25, 0.3) is 0 Å². The highest BCUT2D eigenvalue weighted by Crippen LogP contribution is 2.23. The molecule has 2 aliphatic rings. The SMILES string of the molecule is Cl.O=C(O)c1ccccc1NC(=O)[C@@H]1CCCN(C(=O)CCC2CCNCC2)C1. The van der Waals surface area contributed by atoms with E-state index in [1.807, 2.05) is 0 Å². The van der Waals surface area contributed by atoms with Crippen molar-refractivity contribution in [2.75, 3.05) is 31.5 Å². The van der Waals surface area contributed by atoms with Crippen molar-refractivity contribution in [3.05, 3.63) is 29.8 Å². The van der Waals surface area contributed by atoms with Gasteiger partial charge in [0.25, 0.3) is 0 Å². The third kappa shape index (κ3) is 6.44. The first kappa shape index (κ1) is 23.2. The second-order valence-electron chi connectivity index (χ2n) is 7.75. The Balaban J connectivity index is 0.00000300. The number of carbonyl (C=O) groups is 3. The number of para-hydroxylation sites is 1. The molecule has 7 nitrogen and oxygen atoms in total. The van der Waals surface area contributed by atoms with Crippen LogP contribution >= 0.6 is 12.4 Å². The fourth-order valence-electron chi connectivity index (χ4n) is 4.09. The largest absolute Gasteiger partial charge is 0.478 e. The maximum atomic E-state index is 12.7. The zero-order valence-corrected chi connectivity index (χ0v) is 17.4. The number of carboxylic acid groups (broad SMARTS) is 1. The van der Waals surface area contributed by atoms with E-state index in [1.54, 1.807) is 23.1 Å². The van der Waals surface area contributed by atoms with Crippen molar-refractivity contribution in [3.8, 4) is 0 Å². The molecule has 0 bridgehead atoms. The number of halogens is 1. The normalized spacial score (nSPS) is 19.9. The number of anilines is 1. The first-order valence-electron chi connectivity index (χ1n) is 10.2. The van der Waals surface area contributed by atoms with Gasteiger partial charge in [-0.15, -0.1) is 12.4 Å². The molecule has 1 atom stereocenters. The van der Waals surface area contributed by atoms with E-state index >= 15 is 0 Å². The van der Waals surface area contributed by atoms with Crippen LogP contribution in [0.15, 0.2) is 24.3 Å².